The molecule has 0 saturated carbocycles. The van der Waals surface area contributed by atoms with Gasteiger partial charge >= 0.3 is 0 Å². The summed E-state index contributed by atoms with van der Waals surface area (Å²) in [6, 6.07) is 0.838. The highest BCUT2D eigenvalue weighted by molar-refractivity contribution is 5.76. The number of likely N-dealkylation sites (tertiary alicyclic amines) is 1. The van der Waals surface area contributed by atoms with Crippen LogP contribution in [-0.2, 0) is 4.79 Å². The van der Waals surface area contributed by atoms with Crippen LogP contribution in [0.15, 0.2) is 0 Å². The van der Waals surface area contributed by atoms with Crippen molar-refractivity contribution in [3.05, 3.63) is 0 Å². The number of rotatable bonds is 7. The van der Waals surface area contributed by atoms with Crippen molar-refractivity contribution in [3.8, 4) is 0 Å². The number of carbonyl (C=O) groups excluding carboxylic acids is 1. The quantitative estimate of drug-likeness (QED) is 0.767. The second kappa shape index (κ2) is 8.54. The summed E-state index contributed by atoms with van der Waals surface area (Å²) in [5.41, 5.74) is 5.94. The van der Waals surface area contributed by atoms with Gasteiger partial charge in [0.1, 0.15) is 0 Å². The van der Waals surface area contributed by atoms with Gasteiger partial charge in [-0.25, -0.2) is 0 Å². The molecule has 1 amide bonds. The fourth-order valence-electron chi connectivity index (χ4n) is 3.19. The Bertz CT molecular complexity index is 266. The minimum absolute atomic E-state index is 0.221. The largest absolute Gasteiger partial charge is 0.343 e. The smallest absolute Gasteiger partial charge is 0.224 e. The number of hydrogen-bond donors (Lipinski definition) is 1. The van der Waals surface area contributed by atoms with Gasteiger partial charge in [-0.2, -0.15) is 0 Å². The summed E-state index contributed by atoms with van der Waals surface area (Å²) in [6.45, 7) is 9.59. The molecule has 0 aliphatic carbocycles. The zero-order valence-corrected chi connectivity index (χ0v) is 12.9. The summed E-state index contributed by atoms with van der Waals surface area (Å²) in [7, 11) is 0. The van der Waals surface area contributed by atoms with Crippen molar-refractivity contribution in [2.24, 2.45) is 5.73 Å². The van der Waals surface area contributed by atoms with E-state index in [2.05, 4.69) is 11.8 Å². The van der Waals surface area contributed by atoms with E-state index in [0.717, 1.165) is 26.1 Å². The lowest BCUT2D eigenvalue weighted by atomic mass is 9.96. The minimum Gasteiger partial charge on any atom is -0.343 e. The molecule has 2 atom stereocenters. The Hall–Kier alpha value is -0.610. The molecule has 2 N–H and O–H groups in total. The zero-order chi connectivity index (χ0) is 14.3. The molecule has 0 spiro atoms. The number of nitrogens with two attached hydrogens (primary N) is 1. The van der Waals surface area contributed by atoms with Gasteiger partial charge < -0.3 is 10.6 Å². The molecule has 1 rings (SSSR count). The van der Waals surface area contributed by atoms with E-state index in [1.807, 2.05) is 18.7 Å². The summed E-state index contributed by atoms with van der Waals surface area (Å²) < 4.78 is 0. The molecule has 0 radical (unpaired) electrons. The van der Waals surface area contributed by atoms with Crippen LogP contribution in [-0.4, -0.2) is 54.0 Å². The van der Waals surface area contributed by atoms with E-state index < -0.39 is 0 Å². The normalized spacial score (nSPS) is 22.2. The first-order valence-corrected chi connectivity index (χ1v) is 7.91. The lowest BCUT2D eigenvalue weighted by Crippen LogP contribution is -2.51. The van der Waals surface area contributed by atoms with E-state index in [4.69, 9.17) is 5.73 Å². The third kappa shape index (κ3) is 4.46. The standard InChI is InChI=1S/C15H31N3O/c1-4-13-9-7-8-10-18(13)14(12-16)11-15(19)17(5-2)6-3/h13-14H,4-12,16H2,1-3H3. The predicted molar refractivity (Wildman–Crippen MR) is 80.0 cm³/mol. The second-order valence-electron chi connectivity index (χ2n) is 5.46. The van der Waals surface area contributed by atoms with E-state index in [1.54, 1.807) is 0 Å². The molecule has 1 heterocycles. The molecule has 1 fully saturated rings. The number of carbonyl (C=O) groups is 1. The maximum atomic E-state index is 12.3. The van der Waals surface area contributed by atoms with Gasteiger partial charge in [0.25, 0.3) is 0 Å². The molecule has 1 aliphatic rings. The Balaban J connectivity index is 2.63. The SMILES string of the molecule is CCC1CCCCN1C(CN)CC(=O)N(CC)CC. The summed E-state index contributed by atoms with van der Waals surface area (Å²) in [6.07, 6.45) is 5.56. The first-order chi connectivity index (χ1) is 9.17. The Morgan fingerprint density at radius 1 is 1.32 bits per heavy atom. The third-order valence-electron chi connectivity index (χ3n) is 4.41. The van der Waals surface area contributed by atoms with Gasteiger partial charge in [-0.3, -0.25) is 9.69 Å². The van der Waals surface area contributed by atoms with Crippen LogP contribution in [0.4, 0.5) is 0 Å². The Morgan fingerprint density at radius 3 is 2.53 bits per heavy atom. The van der Waals surface area contributed by atoms with Crippen LogP contribution in [0.1, 0.15) is 52.9 Å². The Labute approximate surface area is 118 Å². The fourth-order valence-corrected chi connectivity index (χ4v) is 3.19. The van der Waals surface area contributed by atoms with E-state index in [0.29, 0.717) is 19.0 Å². The fraction of sp³-hybridized carbons (Fsp3) is 0.933. The molecule has 2 unspecified atom stereocenters. The van der Waals surface area contributed by atoms with Gasteiger partial charge in [-0.1, -0.05) is 13.3 Å². The summed E-state index contributed by atoms with van der Waals surface area (Å²) in [5, 5.41) is 0. The zero-order valence-electron chi connectivity index (χ0n) is 12.9. The molecular weight excluding hydrogens is 238 g/mol. The number of nitrogens with zero attached hydrogens (tertiary/aromatic N) is 2. The van der Waals surface area contributed by atoms with Gasteiger partial charge in [-0.05, 0) is 39.7 Å². The molecule has 112 valence electrons. The van der Waals surface area contributed by atoms with Crippen molar-refractivity contribution < 1.29 is 4.79 Å². The van der Waals surface area contributed by atoms with E-state index in [1.165, 1.54) is 19.3 Å². The lowest BCUT2D eigenvalue weighted by molar-refractivity contribution is -0.132. The maximum absolute atomic E-state index is 12.3. The van der Waals surface area contributed by atoms with Crippen molar-refractivity contribution in [1.82, 2.24) is 9.80 Å². The van der Waals surface area contributed by atoms with E-state index >= 15 is 0 Å². The molecular formula is C15H31N3O. The molecule has 0 aromatic rings. The number of piperidine rings is 1. The van der Waals surface area contributed by atoms with Crippen molar-refractivity contribution in [3.63, 3.8) is 0 Å². The van der Waals surface area contributed by atoms with Gasteiger partial charge in [0, 0.05) is 38.1 Å². The number of amides is 1. The molecule has 4 nitrogen and oxygen atoms in total. The first kappa shape index (κ1) is 16.4. The maximum Gasteiger partial charge on any atom is 0.224 e. The van der Waals surface area contributed by atoms with Crippen LogP contribution in [0.2, 0.25) is 0 Å². The van der Waals surface area contributed by atoms with Crippen molar-refractivity contribution in [1.29, 1.82) is 0 Å². The van der Waals surface area contributed by atoms with Crippen LogP contribution in [0.25, 0.3) is 0 Å². The van der Waals surface area contributed by atoms with Crippen molar-refractivity contribution in [2.45, 2.75) is 65.0 Å². The van der Waals surface area contributed by atoms with Gasteiger partial charge in [0.15, 0.2) is 0 Å². The molecule has 19 heavy (non-hydrogen) atoms. The second-order valence-corrected chi connectivity index (χ2v) is 5.46. The Kier molecular flexibility index (Phi) is 7.39. The highest BCUT2D eigenvalue weighted by atomic mass is 16.2. The van der Waals surface area contributed by atoms with E-state index in [-0.39, 0.29) is 11.9 Å². The lowest BCUT2D eigenvalue weighted by Gasteiger charge is -2.41. The monoisotopic (exact) mass is 269 g/mol. The molecule has 1 aliphatic heterocycles. The van der Waals surface area contributed by atoms with E-state index in [9.17, 15) is 4.79 Å². The predicted octanol–water partition coefficient (Wildman–Crippen LogP) is 1.84. The molecule has 4 heteroatoms. The van der Waals surface area contributed by atoms with Crippen LogP contribution in [0, 0.1) is 0 Å². The first-order valence-electron chi connectivity index (χ1n) is 7.91. The Morgan fingerprint density at radius 2 is 2.00 bits per heavy atom. The average Bonchev–Trinajstić information content (AvgIpc) is 2.46. The average molecular weight is 269 g/mol. The highest BCUT2D eigenvalue weighted by Crippen LogP contribution is 2.23. The molecule has 0 aromatic carbocycles. The molecule has 0 aromatic heterocycles. The molecule has 0 bridgehead atoms. The van der Waals surface area contributed by atoms with Crippen molar-refractivity contribution in [2.75, 3.05) is 26.2 Å². The minimum atomic E-state index is 0.221. The number of hydrogen-bond acceptors (Lipinski definition) is 3. The molecule has 1 saturated heterocycles. The summed E-state index contributed by atoms with van der Waals surface area (Å²) in [4.78, 5) is 16.7. The third-order valence-corrected chi connectivity index (χ3v) is 4.41. The van der Waals surface area contributed by atoms with Crippen molar-refractivity contribution >= 4 is 5.91 Å². The van der Waals surface area contributed by atoms with Crippen LogP contribution >= 0.6 is 0 Å². The summed E-state index contributed by atoms with van der Waals surface area (Å²) >= 11 is 0. The van der Waals surface area contributed by atoms with Crippen LogP contribution in [0.5, 0.6) is 0 Å². The van der Waals surface area contributed by atoms with Crippen LogP contribution in [0.3, 0.4) is 0 Å². The van der Waals surface area contributed by atoms with Gasteiger partial charge in [-0.15, -0.1) is 0 Å². The van der Waals surface area contributed by atoms with Gasteiger partial charge in [0.2, 0.25) is 5.91 Å². The topological polar surface area (TPSA) is 49.6 Å². The highest BCUT2D eigenvalue weighted by Gasteiger charge is 2.29. The van der Waals surface area contributed by atoms with Gasteiger partial charge in [0.05, 0.1) is 0 Å². The van der Waals surface area contributed by atoms with Crippen LogP contribution < -0.4 is 5.73 Å². The summed E-state index contributed by atoms with van der Waals surface area (Å²) in [5.74, 6) is 0.251.